The molecule has 0 spiro atoms. The maximum atomic E-state index is 12.6. The van der Waals surface area contributed by atoms with Crippen molar-refractivity contribution in [2.45, 2.75) is 51.9 Å². The van der Waals surface area contributed by atoms with Crippen molar-refractivity contribution in [1.29, 1.82) is 5.26 Å². The van der Waals surface area contributed by atoms with Gasteiger partial charge in [-0.05, 0) is 79.0 Å². The number of hydrogen-bond acceptors (Lipinski definition) is 8. The van der Waals surface area contributed by atoms with E-state index in [2.05, 4.69) is 31.8 Å². The van der Waals surface area contributed by atoms with Crippen molar-refractivity contribution in [2.75, 3.05) is 0 Å². The minimum Gasteiger partial charge on any atom is -0.379 e. The summed E-state index contributed by atoms with van der Waals surface area (Å²) in [6.45, 7) is 8.29. The van der Waals surface area contributed by atoms with Gasteiger partial charge in [0.1, 0.15) is 21.7 Å². The largest absolute Gasteiger partial charge is 0.379 e. The summed E-state index contributed by atoms with van der Waals surface area (Å²) in [5, 5.41) is 21.6. The van der Waals surface area contributed by atoms with Gasteiger partial charge in [0, 0.05) is 22.7 Å². The fraction of sp³-hybridized carbons (Fsp3) is 0.333. The lowest BCUT2D eigenvalue weighted by molar-refractivity contribution is -0.385. The molecule has 0 fully saturated rings. The minimum atomic E-state index is -4.25. The Morgan fingerprint density at radius 1 is 1.22 bits per heavy atom. The van der Waals surface area contributed by atoms with Crippen molar-refractivity contribution in [2.24, 2.45) is 16.3 Å². The first-order chi connectivity index (χ1) is 17.4. The van der Waals surface area contributed by atoms with E-state index in [1.807, 2.05) is 0 Å². The standard InChI is InChI=1S/C27H27N3O5S2/c1-17-5-11-21(14-24(17)30(31)32)37(33,34)35-20-9-6-18(7-10-20)16-29-26-23(15-28)22-12-8-19(27(2,3)4)13-25(22)36-26/h5-7,9-11,14,16,19H,8,12-13H2,1-4H3/t19-/m1/s1. The Kier molecular flexibility index (Phi) is 7.22. The first kappa shape index (κ1) is 26.5. The van der Waals surface area contributed by atoms with Crippen LogP contribution < -0.4 is 4.18 Å². The molecule has 4 rings (SSSR count). The molecule has 1 aliphatic carbocycles. The summed E-state index contributed by atoms with van der Waals surface area (Å²) in [7, 11) is -4.25. The van der Waals surface area contributed by atoms with Crippen LogP contribution in [0, 0.1) is 39.7 Å². The summed E-state index contributed by atoms with van der Waals surface area (Å²) >= 11 is 1.57. The molecular weight excluding hydrogens is 510 g/mol. The minimum absolute atomic E-state index is 0.0675. The lowest BCUT2D eigenvalue weighted by Gasteiger charge is -2.33. The van der Waals surface area contributed by atoms with Gasteiger partial charge in [0.2, 0.25) is 0 Å². The van der Waals surface area contributed by atoms with Gasteiger partial charge in [0.15, 0.2) is 0 Å². The second kappa shape index (κ2) is 10.1. The fourth-order valence-electron chi connectivity index (χ4n) is 4.38. The van der Waals surface area contributed by atoms with E-state index in [0.29, 0.717) is 27.6 Å². The first-order valence-electron chi connectivity index (χ1n) is 11.8. The van der Waals surface area contributed by atoms with Crippen molar-refractivity contribution >= 4 is 38.4 Å². The smallest absolute Gasteiger partial charge is 0.339 e. The second-order valence-electron chi connectivity index (χ2n) is 10.2. The van der Waals surface area contributed by atoms with Gasteiger partial charge in [-0.15, -0.1) is 11.3 Å². The van der Waals surface area contributed by atoms with E-state index in [9.17, 15) is 23.8 Å². The van der Waals surface area contributed by atoms with Crippen molar-refractivity contribution in [3.05, 3.63) is 79.7 Å². The fourth-order valence-corrected chi connectivity index (χ4v) is 6.55. The van der Waals surface area contributed by atoms with Gasteiger partial charge in [-0.2, -0.15) is 13.7 Å². The van der Waals surface area contributed by atoms with E-state index in [1.165, 1.54) is 36.1 Å². The Morgan fingerprint density at radius 2 is 1.92 bits per heavy atom. The highest BCUT2D eigenvalue weighted by molar-refractivity contribution is 7.87. The van der Waals surface area contributed by atoms with E-state index < -0.39 is 15.0 Å². The molecule has 0 radical (unpaired) electrons. The van der Waals surface area contributed by atoms with Gasteiger partial charge in [0.05, 0.1) is 10.5 Å². The molecule has 10 heteroatoms. The summed E-state index contributed by atoms with van der Waals surface area (Å²) in [6, 6.07) is 12.2. The third kappa shape index (κ3) is 5.73. The number of nitrogens with zero attached hydrogens (tertiary/aromatic N) is 3. The van der Waals surface area contributed by atoms with E-state index in [1.54, 1.807) is 29.7 Å². The molecule has 37 heavy (non-hydrogen) atoms. The highest BCUT2D eigenvalue weighted by Gasteiger charge is 2.32. The quantitative estimate of drug-likeness (QED) is 0.153. The van der Waals surface area contributed by atoms with Crippen LogP contribution in [0.5, 0.6) is 5.75 Å². The van der Waals surface area contributed by atoms with Crippen LogP contribution >= 0.6 is 11.3 Å². The van der Waals surface area contributed by atoms with E-state index >= 15 is 0 Å². The monoisotopic (exact) mass is 537 g/mol. The Labute approximate surface area is 220 Å². The summed E-state index contributed by atoms with van der Waals surface area (Å²) < 4.78 is 30.4. The van der Waals surface area contributed by atoms with Crippen LogP contribution in [0.1, 0.15) is 54.3 Å². The average Bonchev–Trinajstić information content (AvgIpc) is 3.19. The van der Waals surface area contributed by atoms with Crippen LogP contribution in [0.4, 0.5) is 10.7 Å². The van der Waals surface area contributed by atoms with Gasteiger partial charge in [-0.1, -0.05) is 26.8 Å². The molecule has 2 aromatic carbocycles. The molecule has 1 heterocycles. The van der Waals surface area contributed by atoms with E-state index in [0.717, 1.165) is 30.9 Å². The topological polar surface area (TPSA) is 123 Å². The zero-order valence-corrected chi connectivity index (χ0v) is 22.6. The molecule has 192 valence electrons. The second-order valence-corrected chi connectivity index (χ2v) is 12.8. The predicted molar refractivity (Wildman–Crippen MR) is 143 cm³/mol. The number of nitro groups is 1. The zero-order chi connectivity index (χ0) is 27.0. The number of nitriles is 1. The SMILES string of the molecule is Cc1ccc(S(=O)(=O)Oc2ccc(C=Nc3sc4c(c3C#N)CC[C@@H](C(C)(C)C)C4)cc2)cc1[N+](=O)[O-]. The van der Waals surface area contributed by atoms with Gasteiger partial charge in [0.25, 0.3) is 5.69 Å². The Hall–Kier alpha value is -3.55. The molecule has 0 saturated heterocycles. The number of fused-ring (bicyclic) bond motifs is 1. The Balaban J connectivity index is 1.50. The van der Waals surface area contributed by atoms with Crippen molar-refractivity contribution in [1.82, 2.24) is 0 Å². The zero-order valence-electron chi connectivity index (χ0n) is 21.0. The summed E-state index contributed by atoms with van der Waals surface area (Å²) in [5.41, 5.74) is 2.74. The Bertz CT molecular complexity index is 1530. The molecule has 0 amide bonds. The van der Waals surface area contributed by atoms with Gasteiger partial charge < -0.3 is 4.18 Å². The number of aryl methyl sites for hydroxylation is 1. The molecule has 1 aliphatic rings. The molecule has 0 bridgehead atoms. The molecule has 0 unspecified atom stereocenters. The van der Waals surface area contributed by atoms with Crippen LogP contribution in [0.2, 0.25) is 0 Å². The molecule has 8 nitrogen and oxygen atoms in total. The number of aliphatic imine (C=N–C) groups is 1. The third-order valence-corrected chi connectivity index (χ3v) is 9.07. The number of rotatable bonds is 6. The maximum absolute atomic E-state index is 12.6. The van der Waals surface area contributed by atoms with Gasteiger partial charge in [-0.25, -0.2) is 4.99 Å². The number of hydrogen-bond donors (Lipinski definition) is 0. The summed E-state index contributed by atoms with van der Waals surface area (Å²) in [4.78, 5) is 16.0. The molecular formula is C27H27N3O5S2. The molecule has 1 atom stereocenters. The van der Waals surface area contributed by atoms with Crippen molar-refractivity contribution in [3.8, 4) is 11.8 Å². The summed E-state index contributed by atoms with van der Waals surface area (Å²) in [5.74, 6) is 0.634. The number of nitro benzene ring substituents is 1. The lowest BCUT2D eigenvalue weighted by Crippen LogP contribution is -2.26. The number of benzene rings is 2. The summed E-state index contributed by atoms with van der Waals surface area (Å²) in [6.07, 6.45) is 4.54. The van der Waals surface area contributed by atoms with Gasteiger partial charge in [-0.3, -0.25) is 10.1 Å². The van der Waals surface area contributed by atoms with Crippen LogP contribution in [-0.4, -0.2) is 19.6 Å². The normalized spacial score (nSPS) is 15.8. The highest BCUT2D eigenvalue weighted by Crippen LogP contribution is 2.44. The van der Waals surface area contributed by atoms with E-state index in [-0.39, 0.29) is 21.7 Å². The van der Waals surface area contributed by atoms with Crippen LogP contribution in [0.25, 0.3) is 0 Å². The number of thiophene rings is 1. The van der Waals surface area contributed by atoms with Crippen LogP contribution in [0.3, 0.4) is 0 Å². The molecule has 1 aromatic heterocycles. The predicted octanol–water partition coefficient (Wildman–Crippen LogP) is 6.51. The average molecular weight is 538 g/mol. The van der Waals surface area contributed by atoms with Crippen molar-refractivity contribution < 1.29 is 17.5 Å². The van der Waals surface area contributed by atoms with E-state index in [4.69, 9.17) is 4.18 Å². The molecule has 0 saturated carbocycles. The lowest BCUT2D eigenvalue weighted by atomic mass is 9.72. The molecule has 0 aliphatic heterocycles. The first-order valence-corrected chi connectivity index (χ1v) is 14.0. The van der Waals surface area contributed by atoms with Crippen LogP contribution in [0.15, 0.2) is 52.4 Å². The molecule has 0 N–H and O–H groups in total. The third-order valence-electron chi connectivity index (χ3n) is 6.67. The Morgan fingerprint density at radius 3 is 2.54 bits per heavy atom. The molecule has 3 aromatic rings. The van der Waals surface area contributed by atoms with Crippen LogP contribution in [-0.2, 0) is 23.0 Å². The highest BCUT2D eigenvalue weighted by atomic mass is 32.2. The van der Waals surface area contributed by atoms with Crippen molar-refractivity contribution in [3.63, 3.8) is 0 Å². The maximum Gasteiger partial charge on any atom is 0.339 e. The van der Waals surface area contributed by atoms with Gasteiger partial charge >= 0.3 is 10.1 Å².